The zero-order valence-corrected chi connectivity index (χ0v) is 15.1. The molecule has 1 rings (SSSR count). The summed E-state index contributed by atoms with van der Waals surface area (Å²) in [6.45, 7) is 5.88. The van der Waals surface area contributed by atoms with Crippen molar-refractivity contribution in [1.29, 1.82) is 0 Å². The molecular formula is C16H27N4O3S+. The zero-order chi connectivity index (χ0) is 17.8. The van der Waals surface area contributed by atoms with Crippen molar-refractivity contribution in [3.63, 3.8) is 0 Å². The third kappa shape index (κ3) is 8.64. The number of hydrogen-bond acceptors (Lipinski definition) is 4. The molecule has 8 heteroatoms. The van der Waals surface area contributed by atoms with Crippen LogP contribution in [0.25, 0.3) is 0 Å². The van der Waals surface area contributed by atoms with Gasteiger partial charge in [0.2, 0.25) is 0 Å². The topological polar surface area (TPSA) is 91.7 Å². The van der Waals surface area contributed by atoms with Crippen LogP contribution >= 0.6 is 11.3 Å². The molecule has 1 atom stereocenters. The monoisotopic (exact) mass is 355 g/mol. The summed E-state index contributed by atoms with van der Waals surface area (Å²) in [7, 11) is 0. The Morgan fingerprint density at radius 1 is 1.12 bits per heavy atom. The highest BCUT2D eigenvalue weighted by Gasteiger charge is 2.18. The summed E-state index contributed by atoms with van der Waals surface area (Å²) in [5.41, 5.74) is 0. The average Bonchev–Trinajstić information content (AvgIpc) is 3.05. The highest BCUT2D eigenvalue weighted by molar-refractivity contribution is 7.09. The van der Waals surface area contributed by atoms with Gasteiger partial charge < -0.3 is 15.5 Å². The van der Waals surface area contributed by atoms with E-state index in [1.54, 1.807) is 11.3 Å². The molecule has 4 N–H and O–H groups in total. The van der Waals surface area contributed by atoms with E-state index in [4.69, 9.17) is 0 Å². The number of carbonyl (C=O) groups is 3. The molecule has 1 aromatic heterocycles. The average molecular weight is 355 g/mol. The summed E-state index contributed by atoms with van der Waals surface area (Å²) in [5, 5.41) is 9.71. The molecule has 134 valence electrons. The van der Waals surface area contributed by atoms with Crippen molar-refractivity contribution in [2.75, 3.05) is 26.2 Å². The first-order valence-electron chi connectivity index (χ1n) is 8.25. The second-order valence-electron chi connectivity index (χ2n) is 5.47. The van der Waals surface area contributed by atoms with Crippen molar-refractivity contribution in [3.05, 3.63) is 22.4 Å². The molecule has 1 aromatic rings. The lowest BCUT2D eigenvalue weighted by Crippen LogP contribution is -3.14. The van der Waals surface area contributed by atoms with Gasteiger partial charge in [-0.25, -0.2) is 4.79 Å². The van der Waals surface area contributed by atoms with E-state index < -0.39 is 6.03 Å². The van der Waals surface area contributed by atoms with Gasteiger partial charge in [0.05, 0.1) is 13.1 Å². The van der Waals surface area contributed by atoms with Crippen LogP contribution in [-0.4, -0.2) is 44.0 Å². The maximum absolute atomic E-state index is 11.9. The molecule has 4 amide bonds. The van der Waals surface area contributed by atoms with E-state index in [-0.39, 0.29) is 24.9 Å². The molecule has 24 heavy (non-hydrogen) atoms. The molecule has 0 spiro atoms. The van der Waals surface area contributed by atoms with E-state index in [1.165, 1.54) is 0 Å². The fourth-order valence-corrected chi connectivity index (χ4v) is 2.67. The summed E-state index contributed by atoms with van der Waals surface area (Å²) in [4.78, 5) is 37.2. The Labute approximate surface area is 146 Å². The van der Waals surface area contributed by atoms with E-state index in [0.717, 1.165) is 22.6 Å². The number of imide groups is 1. The zero-order valence-electron chi connectivity index (χ0n) is 14.3. The molecule has 0 aliphatic carbocycles. The van der Waals surface area contributed by atoms with Gasteiger partial charge in [0.1, 0.15) is 0 Å². The highest BCUT2D eigenvalue weighted by Crippen LogP contribution is 2.06. The van der Waals surface area contributed by atoms with Crippen LogP contribution < -0.4 is 20.9 Å². The number of nitrogens with one attached hydrogen (secondary N) is 4. The van der Waals surface area contributed by atoms with Crippen LogP contribution in [0.2, 0.25) is 0 Å². The minimum Gasteiger partial charge on any atom is -0.346 e. The number of amides is 4. The third-order valence-electron chi connectivity index (χ3n) is 3.43. The Morgan fingerprint density at radius 3 is 2.50 bits per heavy atom. The smallest absolute Gasteiger partial charge is 0.321 e. The predicted octanol–water partition coefficient (Wildman–Crippen LogP) is -0.105. The second-order valence-corrected chi connectivity index (χ2v) is 6.50. The summed E-state index contributed by atoms with van der Waals surface area (Å²) < 4.78 is 0. The minimum atomic E-state index is -0.481. The maximum atomic E-state index is 11.9. The molecular weight excluding hydrogens is 328 g/mol. The van der Waals surface area contributed by atoms with Crippen LogP contribution in [-0.2, 0) is 16.1 Å². The van der Waals surface area contributed by atoms with Crippen LogP contribution in [0, 0.1) is 0 Å². The maximum Gasteiger partial charge on any atom is 0.321 e. The largest absolute Gasteiger partial charge is 0.346 e. The molecule has 1 heterocycles. The number of likely N-dealkylation sites (N-methyl/N-ethyl adjacent to an activating group) is 1. The lowest BCUT2D eigenvalue weighted by molar-refractivity contribution is -0.881. The predicted molar refractivity (Wildman–Crippen MR) is 93.9 cm³/mol. The van der Waals surface area contributed by atoms with Gasteiger partial charge in [-0.1, -0.05) is 19.4 Å². The number of quaternary nitrogens is 1. The van der Waals surface area contributed by atoms with Crippen molar-refractivity contribution in [2.45, 2.75) is 33.2 Å². The standard InChI is InChI=1S/C16H26N4O3S/c1-3-5-8-17-16(23)19-15(22)12-20(4-2)11-14(21)18-10-13-7-6-9-24-13/h6-7,9H,3-5,8,10-12H2,1-2H3,(H,18,21)(H2,17,19,22,23)/p+1. The fraction of sp³-hybridized carbons (Fsp3) is 0.562. The number of hydrogen-bond donors (Lipinski definition) is 4. The van der Waals surface area contributed by atoms with E-state index in [2.05, 4.69) is 16.0 Å². The van der Waals surface area contributed by atoms with E-state index in [0.29, 0.717) is 19.6 Å². The normalized spacial score (nSPS) is 11.6. The summed E-state index contributed by atoms with van der Waals surface area (Å²) in [5.74, 6) is -0.493. The summed E-state index contributed by atoms with van der Waals surface area (Å²) >= 11 is 1.58. The summed E-state index contributed by atoms with van der Waals surface area (Å²) in [6, 6.07) is 3.41. The number of thiophene rings is 1. The van der Waals surface area contributed by atoms with Crippen LogP contribution in [0.15, 0.2) is 17.5 Å². The van der Waals surface area contributed by atoms with Crippen LogP contribution in [0.4, 0.5) is 4.79 Å². The Balaban J connectivity index is 2.28. The second kappa shape index (κ2) is 11.6. The van der Waals surface area contributed by atoms with Gasteiger partial charge in [0.25, 0.3) is 11.8 Å². The molecule has 0 aliphatic heterocycles. The molecule has 0 saturated heterocycles. The molecule has 1 unspecified atom stereocenters. The van der Waals surface area contributed by atoms with E-state index >= 15 is 0 Å². The van der Waals surface area contributed by atoms with Crippen LogP contribution in [0.3, 0.4) is 0 Å². The molecule has 0 fully saturated rings. The van der Waals surface area contributed by atoms with Crippen molar-refractivity contribution in [1.82, 2.24) is 16.0 Å². The van der Waals surface area contributed by atoms with Gasteiger partial charge in [0, 0.05) is 11.4 Å². The first-order valence-corrected chi connectivity index (χ1v) is 9.13. The Morgan fingerprint density at radius 2 is 1.88 bits per heavy atom. The Bertz CT molecular complexity index is 519. The van der Waals surface area contributed by atoms with Gasteiger partial charge in [-0.15, -0.1) is 11.3 Å². The van der Waals surface area contributed by atoms with Crippen LogP contribution in [0.5, 0.6) is 0 Å². The fourth-order valence-electron chi connectivity index (χ4n) is 2.02. The van der Waals surface area contributed by atoms with Crippen molar-refractivity contribution >= 4 is 29.2 Å². The van der Waals surface area contributed by atoms with Crippen molar-refractivity contribution in [2.24, 2.45) is 0 Å². The van der Waals surface area contributed by atoms with E-state index in [1.807, 2.05) is 31.4 Å². The highest BCUT2D eigenvalue weighted by atomic mass is 32.1. The Kier molecular flexibility index (Phi) is 9.71. The lowest BCUT2D eigenvalue weighted by Gasteiger charge is -2.16. The molecule has 0 aromatic carbocycles. The molecule has 0 radical (unpaired) electrons. The van der Waals surface area contributed by atoms with E-state index in [9.17, 15) is 14.4 Å². The van der Waals surface area contributed by atoms with Gasteiger partial charge in [-0.2, -0.15) is 0 Å². The third-order valence-corrected chi connectivity index (χ3v) is 4.31. The molecule has 0 aliphatic rings. The van der Waals surface area contributed by atoms with Crippen LogP contribution in [0.1, 0.15) is 31.6 Å². The minimum absolute atomic E-state index is 0.0874. The molecule has 0 saturated carbocycles. The lowest BCUT2D eigenvalue weighted by atomic mass is 10.3. The first kappa shape index (κ1) is 20.1. The van der Waals surface area contributed by atoms with Gasteiger partial charge in [-0.05, 0) is 24.8 Å². The SMILES string of the molecule is CCCCNC(=O)NC(=O)C[NH+](CC)CC(=O)NCc1cccs1. The molecule has 7 nitrogen and oxygen atoms in total. The molecule has 0 bridgehead atoms. The Hall–Kier alpha value is -1.93. The van der Waals surface area contributed by atoms with Gasteiger partial charge in [-0.3, -0.25) is 14.9 Å². The van der Waals surface area contributed by atoms with Crippen molar-refractivity contribution < 1.29 is 19.3 Å². The van der Waals surface area contributed by atoms with Gasteiger partial charge >= 0.3 is 6.03 Å². The summed E-state index contributed by atoms with van der Waals surface area (Å²) in [6.07, 6.45) is 1.85. The van der Waals surface area contributed by atoms with Crippen molar-refractivity contribution in [3.8, 4) is 0 Å². The number of urea groups is 1. The first-order chi connectivity index (χ1) is 11.5. The quantitative estimate of drug-likeness (QED) is 0.442. The number of rotatable bonds is 10. The number of carbonyl (C=O) groups excluding carboxylic acids is 3. The van der Waals surface area contributed by atoms with Gasteiger partial charge in [0.15, 0.2) is 13.1 Å². The number of unbranched alkanes of at least 4 members (excludes halogenated alkanes) is 1.